The van der Waals surface area contributed by atoms with Gasteiger partial charge in [0.2, 0.25) is 0 Å². The van der Waals surface area contributed by atoms with Crippen LogP contribution in [0.4, 0.5) is 0 Å². The third-order valence-corrected chi connectivity index (χ3v) is 5.44. The second-order valence-corrected chi connectivity index (χ2v) is 7.23. The fraction of sp³-hybridized carbons (Fsp3) is 0.571. The molecular weight excluding hydrogens is 342 g/mol. The minimum Gasteiger partial charge on any atom is -0.493 e. The van der Waals surface area contributed by atoms with Crippen LogP contribution in [0.25, 0.3) is 0 Å². The molecule has 148 valence electrons. The Morgan fingerprint density at radius 2 is 1.89 bits per heavy atom. The van der Waals surface area contributed by atoms with E-state index in [0.29, 0.717) is 12.5 Å². The van der Waals surface area contributed by atoms with E-state index in [-0.39, 0.29) is 0 Å². The predicted octanol–water partition coefficient (Wildman–Crippen LogP) is 3.27. The molecule has 1 aliphatic rings. The lowest BCUT2D eigenvalue weighted by Crippen LogP contribution is -2.35. The average molecular weight is 373 g/mol. The smallest absolute Gasteiger partial charge is 0.165 e. The number of ether oxygens (including phenoxy) is 3. The minimum atomic E-state index is 0.572. The molecule has 3 rings (SSSR count). The number of rotatable bonds is 8. The standard InChI is InChI=1S/C21H31N3O3/c1-16-12-22-20(15-25-2)24(16)13-17-8-10-23(11-9-17)14-18-6-5-7-19(26-3)21(18)27-4/h5-7,12,17H,8-11,13-15H2,1-4H3. The summed E-state index contributed by atoms with van der Waals surface area (Å²) in [5, 5.41) is 0. The van der Waals surface area contributed by atoms with Crippen molar-refractivity contribution < 1.29 is 14.2 Å². The van der Waals surface area contributed by atoms with Crippen molar-refractivity contribution >= 4 is 0 Å². The Kier molecular flexibility index (Phi) is 6.74. The zero-order chi connectivity index (χ0) is 19.2. The number of methoxy groups -OCH3 is 3. The van der Waals surface area contributed by atoms with Gasteiger partial charge in [0.25, 0.3) is 0 Å². The molecule has 27 heavy (non-hydrogen) atoms. The average Bonchev–Trinajstić information content (AvgIpc) is 3.03. The second kappa shape index (κ2) is 9.24. The molecule has 1 fully saturated rings. The van der Waals surface area contributed by atoms with Crippen molar-refractivity contribution in [2.45, 2.75) is 39.5 Å². The summed E-state index contributed by atoms with van der Waals surface area (Å²) in [4.78, 5) is 6.98. The van der Waals surface area contributed by atoms with E-state index >= 15 is 0 Å². The van der Waals surface area contributed by atoms with Crippen LogP contribution in [-0.4, -0.2) is 48.9 Å². The SMILES string of the molecule is COCc1ncc(C)n1CC1CCN(Cc2cccc(OC)c2OC)CC1. The van der Waals surface area contributed by atoms with Gasteiger partial charge in [-0.1, -0.05) is 12.1 Å². The monoisotopic (exact) mass is 373 g/mol. The molecule has 0 atom stereocenters. The maximum Gasteiger partial charge on any atom is 0.165 e. The first-order valence-corrected chi connectivity index (χ1v) is 9.58. The molecule has 1 aliphatic heterocycles. The zero-order valence-electron chi connectivity index (χ0n) is 16.9. The first kappa shape index (κ1) is 19.7. The molecule has 0 saturated carbocycles. The van der Waals surface area contributed by atoms with E-state index in [9.17, 15) is 0 Å². The third kappa shape index (κ3) is 4.62. The van der Waals surface area contributed by atoms with Crippen molar-refractivity contribution in [3.63, 3.8) is 0 Å². The number of nitrogens with zero attached hydrogens (tertiary/aromatic N) is 3. The molecule has 0 amide bonds. The number of para-hydroxylation sites is 1. The lowest BCUT2D eigenvalue weighted by molar-refractivity contribution is 0.154. The molecular formula is C21H31N3O3. The molecule has 1 saturated heterocycles. The highest BCUT2D eigenvalue weighted by atomic mass is 16.5. The molecule has 1 aromatic heterocycles. The van der Waals surface area contributed by atoms with Crippen molar-refractivity contribution in [3.8, 4) is 11.5 Å². The van der Waals surface area contributed by atoms with Crippen molar-refractivity contribution in [1.29, 1.82) is 0 Å². The number of imidazole rings is 1. The van der Waals surface area contributed by atoms with E-state index in [1.807, 2.05) is 18.3 Å². The molecule has 0 aliphatic carbocycles. The Hall–Kier alpha value is -2.05. The van der Waals surface area contributed by atoms with Gasteiger partial charge in [-0.15, -0.1) is 0 Å². The number of hydrogen-bond donors (Lipinski definition) is 0. The number of hydrogen-bond acceptors (Lipinski definition) is 5. The van der Waals surface area contributed by atoms with Crippen molar-refractivity contribution in [3.05, 3.63) is 41.5 Å². The van der Waals surface area contributed by atoms with E-state index in [2.05, 4.69) is 27.4 Å². The summed E-state index contributed by atoms with van der Waals surface area (Å²) in [5.74, 6) is 3.35. The van der Waals surface area contributed by atoms with Crippen molar-refractivity contribution in [2.75, 3.05) is 34.4 Å². The fourth-order valence-electron chi connectivity index (χ4n) is 3.91. The quantitative estimate of drug-likeness (QED) is 0.711. The number of piperidine rings is 1. The van der Waals surface area contributed by atoms with Crippen LogP contribution in [-0.2, 0) is 24.4 Å². The van der Waals surface area contributed by atoms with Crippen molar-refractivity contribution in [2.24, 2.45) is 5.92 Å². The van der Waals surface area contributed by atoms with Crippen molar-refractivity contribution in [1.82, 2.24) is 14.5 Å². The molecule has 0 N–H and O–H groups in total. The van der Waals surface area contributed by atoms with Crippen LogP contribution in [0.3, 0.4) is 0 Å². The Morgan fingerprint density at radius 3 is 2.56 bits per heavy atom. The van der Waals surface area contributed by atoms with Gasteiger partial charge in [-0.25, -0.2) is 4.98 Å². The van der Waals surface area contributed by atoms with Crippen LogP contribution in [0.15, 0.2) is 24.4 Å². The van der Waals surface area contributed by atoms with Gasteiger partial charge in [0, 0.05) is 37.7 Å². The van der Waals surface area contributed by atoms with Crippen LogP contribution < -0.4 is 9.47 Å². The fourth-order valence-corrected chi connectivity index (χ4v) is 3.91. The Bertz CT molecular complexity index is 736. The normalized spacial score (nSPS) is 15.9. The Labute approximate surface area is 162 Å². The van der Waals surface area contributed by atoms with Gasteiger partial charge >= 0.3 is 0 Å². The van der Waals surface area contributed by atoms with E-state index in [1.165, 1.54) is 24.1 Å². The summed E-state index contributed by atoms with van der Waals surface area (Å²) in [5.41, 5.74) is 2.40. The summed E-state index contributed by atoms with van der Waals surface area (Å²) in [6.07, 6.45) is 4.32. The maximum atomic E-state index is 5.58. The molecule has 0 radical (unpaired) electrons. The van der Waals surface area contributed by atoms with Gasteiger partial charge in [-0.05, 0) is 44.8 Å². The van der Waals surface area contributed by atoms with Crippen LogP contribution >= 0.6 is 0 Å². The molecule has 0 bridgehead atoms. The van der Waals surface area contributed by atoms with Gasteiger partial charge in [0.05, 0.1) is 14.2 Å². The molecule has 6 heteroatoms. The molecule has 1 aromatic carbocycles. The van der Waals surface area contributed by atoms with E-state index < -0.39 is 0 Å². The Morgan fingerprint density at radius 1 is 1.11 bits per heavy atom. The first-order chi connectivity index (χ1) is 13.2. The van der Waals surface area contributed by atoms with Gasteiger partial charge in [0.15, 0.2) is 11.5 Å². The van der Waals surface area contributed by atoms with Gasteiger partial charge in [0.1, 0.15) is 12.4 Å². The predicted molar refractivity (Wildman–Crippen MR) is 105 cm³/mol. The largest absolute Gasteiger partial charge is 0.493 e. The number of aryl methyl sites for hydroxylation is 1. The summed E-state index contributed by atoms with van der Waals surface area (Å²) < 4.78 is 18.6. The van der Waals surface area contributed by atoms with Crippen LogP contribution in [0.2, 0.25) is 0 Å². The number of aromatic nitrogens is 2. The maximum absolute atomic E-state index is 5.58. The summed E-state index contributed by atoms with van der Waals surface area (Å²) in [7, 11) is 5.11. The molecule has 0 spiro atoms. The topological polar surface area (TPSA) is 48.8 Å². The van der Waals surface area contributed by atoms with E-state index in [0.717, 1.165) is 43.5 Å². The highest BCUT2D eigenvalue weighted by molar-refractivity contribution is 5.46. The zero-order valence-corrected chi connectivity index (χ0v) is 16.9. The second-order valence-electron chi connectivity index (χ2n) is 7.23. The molecule has 0 unspecified atom stereocenters. The summed E-state index contributed by atoms with van der Waals surface area (Å²) in [6.45, 7) is 6.81. The van der Waals surface area contributed by atoms with Crippen LogP contribution in [0, 0.1) is 12.8 Å². The first-order valence-electron chi connectivity index (χ1n) is 9.58. The van der Waals surface area contributed by atoms with Gasteiger partial charge in [-0.3, -0.25) is 4.90 Å². The van der Waals surface area contributed by atoms with Crippen LogP contribution in [0.5, 0.6) is 11.5 Å². The number of benzene rings is 1. The molecule has 2 heterocycles. The van der Waals surface area contributed by atoms with E-state index in [1.54, 1.807) is 21.3 Å². The van der Waals surface area contributed by atoms with Gasteiger partial charge in [-0.2, -0.15) is 0 Å². The lowest BCUT2D eigenvalue weighted by atomic mass is 9.96. The van der Waals surface area contributed by atoms with Gasteiger partial charge < -0.3 is 18.8 Å². The highest BCUT2D eigenvalue weighted by Gasteiger charge is 2.22. The minimum absolute atomic E-state index is 0.572. The summed E-state index contributed by atoms with van der Waals surface area (Å²) >= 11 is 0. The Balaban J connectivity index is 1.58. The lowest BCUT2D eigenvalue weighted by Gasteiger charge is -2.33. The molecule has 2 aromatic rings. The van der Waals surface area contributed by atoms with E-state index in [4.69, 9.17) is 14.2 Å². The van der Waals surface area contributed by atoms with Crippen LogP contribution in [0.1, 0.15) is 29.9 Å². The molecule has 6 nitrogen and oxygen atoms in total. The highest BCUT2D eigenvalue weighted by Crippen LogP contribution is 2.32. The summed E-state index contributed by atoms with van der Waals surface area (Å²) in [6, 6.07) is 6.10. The number of likely N-dealkylation sites (tertiary alicyclic amines) is 1. The third-order valence-electron chi connectivity index (χ3n) is 5.44.